The Morgan fingerprint density at radius 2 is 1.83 bits per heavy atom. The highest BCUT2D eigenvalue weighted by Crippen LogP contribution is 2.42. The van der Waals surface area contributed by atoms with Crippen LogP contribution in [0.5, 0.6) is 5.75 Å². The Morgan fingerprint density at radius 1 is 1.13 bits per heavy atom. The van der Waals surface area contributed by atoms with Crippen LogP contribution in [-0.2, 0) is 0 Å². The van der Waals surface area contributed by atoms with Gasteiger partial charge in [0.1, 0.15) is 11.6 Å². The molecule has 0 saturated carbocycles. The molecule has 0 atom stereocenters. The van der Waals surface area contributed by atoms with Gasteiger partial charge in [-0.25, -0.2) is 4.98 Å². The van der Waals surface area contributed by atoms with Crippen molar-refractivity contribution >= 4 is 58.7 Å². The molecule has 0 amide bonds. The van der Waals surface area contributed by atoms with E-state index in [1.807, 2.05) is 24.3 Å². The first-order valence-corrected chi connectivity index (χ1v) is 9.04. The minimum Gasteiger partial charge on any atom is -0.494 e. The molecule has 0 saturated heterocycles. The lowest BCUT2D eigenvalue weighted by Crippen LogP contribution is -2.23. The number of hydrogen-bond acceptors (Lipinski definition) is 3. The average molecular weight is 503 g/mol. The van der Waals surface area contributed by atoms with Gasteiger partial charge >= 0.3 is 0 Å². The maximum atomic E-state index is 13.0. The highest BCUT2D eigenvalue weighted by atomic mass is 79.9. The van der Waals surface area contributed by atoms with E-state index in [1.54, 1.807) is 24.7 Å². The van der Waals surface area contributed by atoms with Crippen molar-refractivity contribution in [2.24, 2.45) is 0 Å². The lowest BCUT2D eigenvalue weighted by molar-refractivity contribution is 0.409. The Morgan fingerprint density at radius 3 is 2.52 bits per heavy atom. The number of methoxy groups -OCH3 is 1. The van der Waals surface area contributed by atoms with Crippen molar-refractivity contribution < 1.29 is 4.74 Å². The van der Waals surface area contributed by atoms with E-state index in [0.29, 0.717) is 32.6 Å². The van der Waals surface area contributed by atoms with E-state index < -0.39 is 0 Å². The number of nitrogens with zero attached hydrogens (tertiary/aromatic N) is 2. The van der Waals surface area contributed by atoms with Gasteiger partial charge in [0.2, 0.25) is 0 Å². The second-order valence-electron chi connectivity index (χ2n) is 4.85. The topological polar surface area (TPSA) is 44.1 Å². The number of rotatable bonds is 2. The van der Waals surface area contributed by atoms with Gasteiger partial charge in [0.05, 0.1) is 32.6 Å². The summed E-state index contributed by atoms with van der Waals surface area (Å²) in [7, 11) is 1.58. The highest BCUT2D eigenvalue weighted by molar-refractivity contribution is 9.11. The summed E-state index contributed by atoms with van der Waals surface area (Å²) in [6.07, 6.45) is 0. The number of aryl methyl sites for hydroxylation is 1. The fraction of sp³-hybridized carbons (Fsp3) is 0.125. The van der Waals surface area contributed by atoms with Crippen LogP contribution in [0.2, 0.25) is 0 Å². The Bertz CT molecular complexity index is 983. The van der Waals surface area contributed by atoms with E-state index >= 15 is 0 Å². The number of hydrogen-bond donors (Lipinski definition) is 0. The number of ether oxygens (including phenoxy) is 1. The quantitative estimate of drug-likeness (QED) is 0.496. The molecule has 0 radical (unpaired) electrons. The van der Waals surface area contributed by atoms with Crippen molar-refractivity contribution in [3.63, 3.8) is 0 Å². The summed E-state index contributed by atoms with van der Waals surface area (Å²) in [4.78, 5) is 17.5. The molecule has 118 valence electrons. The predicted molar refractivity (Wildman–Crippen MR) is 102 cm³/mol. The molecule has 23 heavy (non-hydrogen) atoms. The Balaban J connectivity index is 2.45. The smallest absolute Gasteiger partial charge is 0.266 e. The van der Waals surface area contributed by atoms with Crippen molar-refractivity contribution in [1.29, 1.82) is 0 Å². The summed E-state index contributed by atoms with van der Waals surface area (Å²) in [6.45, 7) is 1.81. The molecule has 0 spiro atoms. The maximum absolute atomic E-state index is 13.0. The summed E-state index contributed by atoms with van der Waals surface area (Å²) in [5.74, 6) is 1.21. The molecular weight excluding hydrogens is 492 g/mol. The van der Waals surface area contributed by atoms with Gasteiger partial charge in [0.25, 0.3) is 5.56 Å². The van der Waals surface area contributed by atoms with Gasteiger partial charge in [-0.05, 0) is 72.9 Å². The van der Waals surface area contributed by atoms with Crippen molar-refractivity contribution in [1.82, 2.24) is 9.55 Å². The summed E-state index contributed by atoms with van der Waals surface area (Å²) >= 11 is 10.5. The summed E-state index contributed by atoms with van der Waals surface area (Å²) < 4.78 is 9.18. The molecule has 3 rings (SSSR count). The van der Waals surface area contributed by atoms with Crippen LogP contribution in [0, 0.1) is 6.92 Å². The minimum absolute atomic E-state index is 0.126. The molecule has 0 aliphatic carbocycles. The average Bonchev–Trinajstić information content (AvgIpc) is 2.50. The Kier molecular flexibility index (Phi) is 4.62. The fourth-order valence-electron chi connectivity index (χ4n) is 2.46. The van der Waals surface area contributed by atoms with E-state index in [0.717, 1.165) is 8.95 Å². The first-order valence-electron chi connectivity index (χ1n) is 6.66. The van der Waals surface area contributed by atoms with Crippen LogP contribution in [0.25, 0.3) is 16.6 Å². The molecule has 7 heteroatoms. The van der Waals surface area contributed by atoms with Gasteiger partial charge in [-0.2, -0.15) is 0 Å². The zero-order valence-corrected chi connectivity index (χ0v) is 17.0. The van der Waals surface area contributed by atoms with Crippen LogP contribution in [0.15, 0.2) is 48.5 Å². The molecule has 0 aliphatic heterocycles. The van der Waals surface area contributed by atoms with Crippen molar-refractivity contribution in [2.45, 2.75) is 6.92 Å². The van der Waals surface area contributed by atoms with Crippen LogP contribution in [0.3, 0.4) is 0 Å². The number of aromatic nitrogens is 2. The normalized spacial score (nSPS) is 11.0. The van der Waals surface area contributed by atoms with Gasteiger partial charge in [0, 0.05) is 4.47 Å². The summed E-state index contributed by atoms with van der Waals surface area (Å²) in [5.41, 5.74) is 1.22. The summed E-state index contributed by atoms with van der Waals surface area (Å²) in [6, 6.07) is 9.16. The van der Waals surface area contributed by atoms with Crippen molar-refractivity contribution in [3.8, 4) is 11.4 Å². The van der Waals surface area contributed by atoms with Crippen LogP contribution in [-0.4, -0.2) is 16.7 Å². The van der Waals surface area contributed by atoms with Crippen molar-refractivity contribution in [3.05, 3.63) is 59.9 Å². The second kappa shape index (κ2) is 6.37. The number of halogens is 3. The first-order chi connectivity index (χ1) is 11.0. The van der Waals surface area contributed by atoms with Crippen LogP contribution < -0.4 is 10.3 Å². The second-order valence-corrected chi connectivity index (χ2v) is 7.35. The lowest BCUT2D eigenvalue weighted by atomic mass is 10.2. The molecule has 0 unspecified atom stereocenters. The standard InChI is InChI=1S/C16H11Br3N2O2/c1-8-20-12-6-4-3-5-9(12)16(22)21(8)14-10(17)7-11(18)15(23-2)13(14)19/h3-7H,1-2H3. The third kappa shape index (κ3) is 2.75. The van der Waals surface area contributed by atoms with E-state index in [2.05, 4.69) is 52.8 Å². The highest BCUT2D eigenvalue weighted by Gasteiger charge is 2.20. The van der Waals surface area contributed by atoms with E-state index in [4.69, 9.17) is 4.74 Å². The van der Waals surface area contributed by atoms with Crippen LogP contribution >= 0.6 is 47.8 Å². The van der Waals surface area contributed by atoms with Gasteiger partial charge in [0.15, 0.2) is 0 Å². The zero-order chi connectivity index (χ0) is 16.7. The molecule has 1 aromatic heterocycles. The zero-order valence-electron chi connectivity index (χ0n) is 12.2. The van der Waals surface area contributed by atoms with Gasteiger partial charge in [-0.1, -0.05) is 12.1 Å². The number of benzene rings is 2. The number of fused-ring (bicyclic) bond motifs is 1. The molecule has 1 heterocycles. The molecule has 0 bridgehead atoms. The Labute approximate surface area is 157 Å². The van der Waals surface area contributed by atoms with E-state index in [-0.39, 0.29) is 5.56 Å². The van der Waals surface area contributed by atoms with E-state index in [9.17, 15) is 4.79 Å². The predicted octanol–water partition coefficient (Wildman–Crippen LogP) is 4.99. The summed E-state index contributed by atoms with van der Waals surface area (Å²) in [5, 5.41) is 0.568. The molecule has 3 aromatic rings. The molecule has 4 nitrogen and oxygen atoms in total. The molecule has 0 aliphatic rings. The van der Waals surface area contributed by atoms with Gasteiger partial charge in [-0.3, -0.25) is 9.36 Å². The van der Waals surface area contributed by atoms with Crippen molar-refractivity contribution in [2.75, 3.05) is 7.11 Å². The van der Waals surface area contributed by atoms with Gasteiger partial charge < -0.3 is 4.74 Å². The molecular formula is C16H11Br3N2O2. The molecule has 2 aromatic carbocycles. The molecule has 0 N–H and O–H groups in total. The van der Waals surface area contributed by atoms with E-state index in [1.165, 1.54) is 0 Å². The van der Waals surface area contributed by atoms with Gasteiger partial charge in [-0.15, -0.1) is 0 Å². The lowest BCUT2D eigenvalue weighted by Gasteiger charge is -2.17. The maximum Gasteiger partial charge on any atom is 0.266 e. The largest absolute Gasteiger partial charge is 0.494 e. The Hall–Kier alpha value is -1.18. The monoisotopic (exact) mass is 500 g/mol. The minimum atomic E-state index is -0.126. The third-order valence-electron chi connectivity index (χ3n) is 3.47. The van der Waals surface area contributed by atoms with Crippen LogP contribution in [0.4, 0.5) is 0 Å². The SMILES string of the molecule is COc1c(Br)cc(Br)c(-n2c(C)nc3ccccc3c2=O)c1Br. The molecule has 0 fully saturated rings. The van der Waals surface area contributed by atoms with Crippen LogP contribution in [0.1, 0.15) is 5.82 Å². The third-order valence-corrected chi connectivity index (χ3v) is 5.40. The first kappa shape index (κ1) is 16.7. The fourth-order valence-corrected chi connectivity index (χ4v) is 5.26. The number of para-hydroxylation sites is 1.